The third-order valence-electron chi connectivity index (χ3n) is 2.96. The molecule has 0 N–H and O–H groups in total. The van der Waals surface area contributed by atoms with Crippen molar-refractivity contribution in [2.24, 2.45) is 0 Å². The molecular formula is C12H12ClF2NO. The molecule has 5 heteroatoms. The molecule has 1 saturated heterocycles. The maximum absolute atomic E-state index is 13.0. The van der Waals surface area contributed by atoms with Gasteiger partial charge in [-0.05, 0) is 12.1 Å². The molecule has 1 aliphatic rings. The van der Waals surface area contributed by atoms with Crippen molar-refractivity contribution in [2.45, 2.75) is 18.8 Å². The monoisotopic (exact) mass is 259 g/mol. The number of anilines is 1. The van der Waals surface area contributed by atoms with Crippen LogP contribution in [0.3, 0.4) is 0 Å². The quantitative estimate of drug-likeness (QED) is 0.759. The maximum atomic E-state index is 13.0. The first-order chi connectivity index (χ1) is 8.03. The lowest BCUT2D eigenvalue weighted by Gasteiger charge is -2.34. The van der Waals surface area contributed by atoms with E-state index in [0.717, 1.165) is 0 Å². The summed E-state index contributed by atoms with van der Waals surface area (Å²) in [5.74, 6) is -2.60. The third-order valence-corrected chi connectivity index (χ3v) is 3.26. The lowest BCUT2D eigenvalue weighted by Crippen LogP contribution is -2.39. The lowest BCUT2D eigenvalue weighted by atomic mass is 10.0. The number of para-hydroxylation sites is 1. The molecule has 0 aromatic heterocycles. The number of alkyl halides is 2. The minimum atomic E-state index is -2.60. The topological polar surface area (TPSA) is 20.3 Å². The average molecular weight is 260 g/mol. The molecule has 1 aromatic rings. The number of carbonyl (C=O) groups is 1. The number of hydrogen-bond acceptors (Lipinski definition) is 2. The Morgan fingerprint density at radius 1 is 1.29 bits per heavy atom. The number of aldehydes is 1. The Morgan fingerprint density at radius 2 is 1.94 bits per heavy atom. The van der Waals surface area contributed by atoms with E-state index in [1.807, 2.05) is 0 Å². The van der Waals surface area contributed by atoms with Crippen LogP contribution in [0.2, 0.25) is 5.02 Å². The van der Waals surface area contributed by atoms with Crippen molar-refractivity contribution in [2.75, 3.05) is 18.0 Å². The molecule has 0 bridgehead atoms. The van der Waals surface area contributed by atoms with Gasteiger partial charge in [0.2, 0.25) is 0 Å². The Bertz CT molecular complexity index is 427. The van der Waals surface area contributed by atoms with Crippen LogP contribution in [0.4, 0.5) is 14.5 Å². The normalized spacial score (nSPS) is 19.1. The number of nitrogens with zero attached hydrogens (tertiary/aromatic N) is 1. The molecule has 1 fully saturated rings. The van der Waals surface area contributed by atoms with E-state index in [9.17, 15) is 13.6 Å². The second-order valence-corrected chi connectivity index (χ2v) is 4.55. The molecule has 2 nitrogen and oxygen atoms in total. The molecule has 1 heterocycles. The summed E-state index contributed by atoms with van der Waals surface area (Å²) in [6, 6.07) is 4.98. The summed E-state index contributed by atoms with van der Waals surface area (Å²) in [4.78, 5) is 12.7. The van der Waals surface area contributed by atoms with Crippen molar-refractivity contribution in [3.63, 3.8) is 0 Å². The molecule has 0 unspecified atom stereocenters. The summed E-state index contributed by atoms with van der Waals surface area (Å²) in [6.45, 7) is 0.440. The minimum Gasteiger partial charge on any atom is -0.369 e. The summed E-state index contributed by atoms with van der Waals surface area (Å²) in [5.41, 5.74) is 1.02. The van der Waals surface area contributed by atoms with E-state index in [-0.39, 0.29) is 25.9 Å². The van der Waals surface area contributed by atoms with E-state index in [4.69, 9.17) is 11.6 Å². The molecule has 0 amide bonds. The van der Waals surface area contributed by atoms with E-state index in [1.54, 1.807) is 23.1 Å². The van der Waals surface area contributed by atoms with Gasteiger partial charge in [-0.1, -0.05) is 17.7 Å². The van der Waals surface area contributed by atoms with Crippen LogP contribution in [0.25, 0.3) is 0 Å². The first-order valence-electron chi connectivity index (χ1n) is 5.40. The summed E-state index contributed by atoms with van der Waals surface area (Å²) >= 11 is 6.02. The van der Waals surface area contributed by atoms with Crippen LogP contribution in [-0.2, 0) is 0 Å². The summed E-state index contributed by atoms with van der Waals surface area (Å²) < 4.78 is 26.1. The van der Waals surface area contributed by atoms with E-state index >= 15 is 0 Å². The Kier molecular flexibility index (Phi) is 3.33. The fraction of sp³-hybridized carbons (Fsp3) is 0.417. The number of halogens is 3. The number of piperidine rings is 1. The molecule has 1 aromatic carbocycles. The second-order valence-electron chi connectivity index (χ2n) is 4.14. The van der Waals surface area contributed by atoms with Crippen molar-refractivity contribution in [3.05, 3.63) is 28.8 Å². The standard InChI is InChI=1S/C12H12ClF2NO/c13-10-3-1-2-9(8-17)11(10)16-6-4-12(14,15)5-7-16/h1-3,8H,4-7H2. The zero-order valence-corrected chi connectivity index (χ0v) is 9.88. The molecule has 0 radical (unpaired) electrons. The zero-order chi connectivity index (χ0) is 12.5. The Balaban J connectivity index is 2.26. The number of benzene rings is 1. The lowest BCUT2D eigenvalue weighted by molar-refractivity contribution is -0.0220. The van der Waals surface area contributed by atoms with Gasteiger partial charge in [-0.25, -0.2) is 8.78 Å². The van der Waals surface area contributed by atoms with Gasteiger partial charge in [-0.3, -0.25) is 4.79 Å². The molecule has 1 aliphatic heterocycles. The predicted octanol–water partition coefficient (Wildman–Crippen LogP) is 3.39. The highest BCUT2D eigenvalue weighted by atomic mass is 35.5. The molecule has 0 aliphatic carbocycles. The van der Waals surface area contributed by atoms with Crippen molar-refractivity contribution >= 4 is 23.6 Å². The average Bonchev–Trinajstić information content (AvgIpc) is 2.29. The molecule has 2 rings (SSSR count). The highest BCUT2D eigenvalue weighted by molar-refractivity contribution is 6.33. The smallest absolute Gasteiger partial charge is 0.251 e. The van der Waals surface area contributed by atoms with Crippen LogP contribution in [0.5, 0.6) is 0 Å². The number of hydrogen-bond donors (Lipinski definition) is 0. The summed E-state index contributed by atoms with van der Waals surface area (Å²) in [7, 11) is 0. The van der Waals surface area contributed by atoms with E-state index < -0.39 is 5.92 Å². The summed E-state index contributed by atoms with van der Waals surface area (Å²) in [6.07, 6.45) is 0.307. The van der Waals surface area contributed by atoms with Crippen molar-refractivity contribution in [3.8, 4) is 0 Å². The van der Waals surface area contributed by atoms with Gasteiger partial charge in [0.25, 0.3) is 5.92 Å². The molecule has 92 valence electrons. The van der Waals surface area contributed by atoms with E-state index in [1.165, 1.54) is 0 Å². The predicted molar refractivity (Wildman–Crippen MR) is 63.2 cm³/mol. The van der Waals surface area contributed by atoms with Crippen LogP contribution in [0, 0.1) is 0 Å². The van der Waals surface area contributed by atoms with Gasteiger partial charge in [0.15, 0.2) is 6.29 Å². The number of carbonyl (C=O) groups excluding carboxylic acids is 1. The Labute approximate surface area is 103 Å². The largest absolute Gasteiger partial charge is 0.369 e. The maximum Gasteiger partial charge on any atom is 0.251 e. The Morgan fingerprint density at radius 3 is 2.53 bits per heavy atom. The van der Waals surface area contributed by atoms with E-state index in [0.29, 0.717) is 22.6 Å². The van der Waals surface area contributed by atoms with Gasteiger partial charge in [-0.2, -0.15) is 0 Å². The fourth-order valence-corrected chi connectivity index (χ4v) is 2.32. The van der Waals surface area contributed by atoms with Crippen molar-refractivity contribution < 1.29 is 13.6 Å². The van der Waals surface area contributed by atoms with E-state index in [2.05, 4.69) is 0 Å². The molecule has 0 saturated carbocycles. The van der Waals surface area contributed by atoms with Crippen LogP contribution in [0.15, 0.2) is 18.2 Å². The highest BCUT2D eigenvalue weighted by Crippen LogP contribution is 2.35. The summed E-state index contributed by atoms with van der Waals surface area (Å²) in [5, 5.41) is 0.430. The van der Waals surface area contributed by atoms with Gasteiger partial charge in [-0.15, -0.1) is 0 Å². The second kappa shape index (κ2) is 4.61. The van der Waals surface area contributed by atoms with Gasteiger partial charge in [0.1, 0.15) is 0 Å². The highest BCUT2D eigenvalue weighted by Gasteiger charge is 2.34. The molecule has 0 spiro atoms. The van der Waals surface area contributed by atoms with Crippen molar-refractivity contribution in [1.82, 2.24) is 0 Å². The van der Waals surface area contributed by atoms with Crippen molar-refractivity contribution in [1.29, 1.82) is 0 Å². The minimum absolute atomic E-state index is 0.198. The third kappa shape index (κ3) is 2.57. The molecule has 17 heavy (non-hydrogen) atoms. The van der Waals surface area contributed by atoms with Gasteiger partial charge in [0.05, 0.1) is 10.7 Å². The zero-order valence-electron chi connectivity index (χ0n) is 9.13. The first kappa shape index (κ1) is 12.3. The van der Waals surface area contributed by atoms with Gasteiger partial charge >= 0.3 is 0 Å². The van der Waals surface area contributed by atoms with Gasteiger partial charge < -0.3 is 4.90 Å². The fourth-order valence-electron chi connectivity index (χ4n) is 2.02. The number of rotatable bonds is 2. The van der Waals surface area contributed by atoms with Crippen LogP contribution < -0.4 is 4.90 Å². The van der Waals surface area contributed by atoms with Gasteiger partial charge in [0, 0.05) is 31.5 Å². The molecular weight excluding hydrogens is 248 g/mol. The first-order valence-corrected chi connectivity index (χ1v) is 5.78. The Hall–Kier alpha value is -1.16. The van der Waals surface area contributed by atoms with Crippen LogP contribution >= 0.6 is 11.6 Å². The van der Waals surface area contributed by atoms with Crippen LogP contribution in [0.1, 0.15) is 23.2 Å². The van der Waals surface area contributed by atoms with Crippen LogP contribution in [-0.4, -0.2) is 25.3 Å². The molecule has 0 atom stereocenters. The SMILES string of the molecule is O=Cc1cccc(Cl)c1N1CCC(F)(F)CC1.